The van der Waals surface area contributed by atoms with E-state index in [9.17, 15) is 0 Å². The third kappa shape index (κ3) is 8.04. The number of benzene rings is 1. The van der Waals surface area contributed by atoms with Gasteiger partial charge in [-0.3, -0.25) is 0 Å². The Hall–Kier alpha value is -0.677. The van der Waals surface area contributed by atoms with Crippen molar-refractivity contribution in [2.75, 3.05) is 39.8 Å². The predicted molar refractivity (Wildman–Crippen MR) is 92.8 cm³/mol. The van der Waals surface area contributed by atoms with Crippen molar-refractivity contribution in [2.45, 2.75) is 46.1 Å². The topological polar surface area (TPSA) is 46.2 Å². The maximum absolute atomic E-state index is 5.75. The molecule has 1 aliphatic rings. The Balaban J connectivity index is 0.00000312. The summed E-state index contributed by atoms with van der Waals surface area (Å²) < 4.78 is 27.6. The molecule has 0 N–H and O–H groups in total. The molecule has 0 unspecified atom stereocenters. The minimum absolute atomic E-state index is 0. The van der Waals surface area contributed by atoms with Crippen molar-refractivity contribution in [1.82, 2.24) is 0 Å². The van der Waals surface area contributed by atoms with E-state index >= 15 is 0 Å². The van der Waals surface area contributed by atoms with Gasteiger partial charge in [-0.15, -0.1) is 0 Å². The van der Waals surface area contributed by atoms with Crippen molar-refractivity contribution in [1.29, 1.82) is 0 Å². The first kappa shape index (κ1) is 22.4. The van der Waals surface area contributed by atoms with Crippen LogP contribution in [0.4, 0.5) is 0 Å². The van der Waals surface area contributed by atoms with Gasteiger partial charge in [0.05, 0.1) is 33.0 Å². The average Bonchev–Trinajstić information content (AvgIpc) is 3.04. The predicted octanol–water partition coefficient (Wildman–Crippen LogP) is 3.72. The van der Waals surface area contributed by atoms with Crippen molar-refractivity contribution >= 4 is 0 Å². The van der Waals surface area contributed by atoms with Gasteiger partial charge in [0.2, 0.25) is 6.79 Å². The second-order valence-corrected chi connectivity index (χ2v) is 5.86. The van der Waals surface area contributed by atoms with E-state index in [1.807, 2.05) is 6.07 Å². The monoisotopic (exact) mass is 440 g/mol. The van der Waals surface area contributed by atoms with Gasteiger partial charge < -0.3 is 23.7 Å². The fourth-order valence-corrected chi connectivity index (χ4v) is 2.53. The van der Waals surface area contributed by atoms with E-state index in [4.69, 9.17) is 23.7 Å². The molecule has 5 nitrogen and oxygen atoms in total. The first-order chi connectivity index (χ1) is 11.8. The van der Waals surface area contributed by atoms with Crippen molar-refractivity contribution in [3.05, 3.63) is 23.3 Å². The Kier molecular flexibility index (Phi) is 12.1. The Bertz CT molecular complexity index is 481. The molecule has 1 aromatic rings. The normalized spacial score (nSPS) is 12.2. The molecule has 25 heavy (non-hydrogen) atoms. The molecule has 0 bridgehead atoms. The van der Waals surface area contributed by atoms with Gasteiger partial charge >= 0.3 is 0 Å². The summed E-state index contributed by atoms with van der Waals surface area (Å²) in [7, 11) is 0. The number of hydrogen-bond donors (Lipinski definition) is 0. The van der Waals surface area contributed by atoms with Gasteiger partial charge in [0.15, 0.2) is 11.5 Å². The summed E-state index contributed by atoms with van der Waals surface area (Å²) in [6.45, 7) is 8.47. The van der Waals surface area contributed by atoms with Crippen LogP contribution in [0.5, 0.6) is 11.5 Å². The Labute approximate surface area is 164 Å². The molecule has 0 atom stereocenters. The smallest absolute Gasteiger partial charge is 0.231 e. The fourth-order valence-electron chi connectivity index (χ4n) is 2.53. The quantitative estimate of drug-likeness (QED) is 0.346. The van der Waals surface area contributed by atoms with Crippen LogP contribution in [0, 0.1) is 0 Å². The molecule has 0 radical (unpaired) electrons. The molecule has 0 fully saturated rings. The average molecular weight is 440 g/mol. The zero-order valence-corrected chi connectivity index (χ0v) is 17.1. The zero-order chi connectivity index (χ0) is 17.0. The van der Waals surface area contributed by atoms with Gasteiger partial charge in [-0.2, -0.15) is 0 Å². The molecule has 1 aliphatic heterocycles. The van der Waals surface area contributed by atoms with Crippen molar-refractivity contribution < 1.29 is 43.2 Å². The number of unbranched alkanes of at least 4 members (excludes halogenated alkanes) is 1. The first-order valence-corrected chi connectivity index (χ1v) is 8.99. The third-order valence-electron chi connectivity index (χ3n) is 3.86. The van der Waals surface area contributed by atoms with E-state index in [1.165, 1.54) is 11.1 Å². The minimum atomic E-state index is 0. The second-order valence-electron chi connectivity index (χ2n) is 5.86. The zero-order valence-electron chi connectivity index (χ0n) is 15.3. The van der Waals surface area contributed by atoms with E-state index in [0.717, 1.165) is 43.8 Å². The molecule has 0 saturated carbocycles. The molecular formula is C19H30O5Ru. The van der Waals surface area contributed by atoms with Crippen molar-refractivity contribution in [3.8, 4) is 11.5 Å². The van der Waals surface area contributed by atoms with Crippen LogP contribution in [0.3, 0.4) is 0 Å². The Morgan fingerprint density at radius 1 is 0.800 bits per heavy atom. The molecule has 1 aromatic carbocycles. The summed E-state index contributed by atoms with van der Waals surface area (Å²) >= 11 is 0. The SMILES string of the molecule is CCCCOCCOCCOCc1cc2c(cc1CCC)OCO2.[Ru]. The summed E-state index contributed by atoms with van der Waals surface area (Å²) in [6.07, 6.45) is 4.38. The molecule has 0 spiro atoms. The Morgan fingerprint density at radius 2 is 1.40 bits per heavy atom. The third-order valence-corrected chi connectivity index (χ3v) is 3.86. The van der Waals surface area contributed by atoms with Gasteiger partial charge in [-0.1, -0.05) is 26.7 Å². The molecule has 6 heteroatoms. The molecular weight excluding hydrogens is 409 g/mol. The minimum Gasteiger partial charge on any atom is -0.454 e. The standard InChI is InChI=1S/C19H30O5.Ru/c1-3-5-7-20-8-9-21-10-11-22-14-17-13-19-18(23-15-24-19)12-16(17)6-4-2;/h12-13H,3-11,14-15H2,1-2H3;. The summed E-state index contributed by atoms with van der Waals surface area (Å²) in [4.78, 5) is 0. The van der Waals surface area contributed by atoms with Gasteiger partial charge in [0, 0.05) is 26.1 Å². The maximum atomic E-state index is 5.75. The van der Waals surface area contributed by atoms with Crippen LogP contribution < -0.4 is 9.47 Å². The Morgan fingerprint density at radius 3 is 2.04 bits per heavy atom. The number of aryl methyl sites for hydroxylation is 1. The van der Waals surface area contributed by atoms with E-state index in [2.05, 4.69) is 19.9 Å². The summed E-state index contributed by atoms with van der Waals surface area (Å²) in [5.74, 6) is 1.66. The van der Waals surface area contributed by atoms with Crippen LogP contribution in [0.2, 0.25) is 0 Å². The van der Waals surface area contributed by atoms with Crippen LogP contribution in [-0.2, 0) is 46.7 Å². The largest absolute Gasteiger partial charge is 0.454 e. The molecule has 1 heterocycles. The fraction of sp³-hybridized carbons (Fsp3) is 0.684. The summed E-state index contributed by atoms with van der Waals surface area (Å²) in [5, 5.41) is 0. The second kappa shape index (κ2) is 13.5. The van der Waals surface area contributed by atoms with Gasteiger partial charge in [0.1, 0.15) is 0 Å². The van der Waals surface area contributed by atoms with Crippen molar-refractivity contribution in [3.63, 3.8) is 0 Å². The number of fused-ring (bicyclic) bond motifs is 1. The molecule has 0 saturated heterocycles. The van der Waals surface area contributed by atoms with Crippen molar-refractivity contribution in [2.24, 2.45) is 0 Å². The van der Waals surface area contributed by atoms with E-state index in [0.29, 0.717) is 39.8 Å². The van der Waals surface area contributed by atoms with E-state index in [1.54, 1.807) is 0 Å². The van der Waals surface area contributed by atoms with Crippen LogP contribution in [0.15, 0.2) is 12.1 Å². The van der Waals surface area contributed by atoms with Crippen LogP contribution >= 0.6 is 0 Å². The number of ether oxygens (including phenoxy) is 5. The first-order valence-electron chi connectivity index (χ1n) is 8.99. The summed E-state index contributed by atoms with van der Waals surface area (Å²) in [5.41, 5.74) is 2.44. The molecule has 0 amide bonds. The summed E-state index contributed by atoms with van der Waals surface area (Å²) in [6, 6.07) is 4.12. The van der Waals surface area contributed by atoms with E-state index < -0.39 is 0 Å². The maximum Gasteiger partial charge on any atom is 0.231 e. The van der Waals surface area contributed by atoms with Gasteiger partial charge in [-0.25, -0.2) is 0 Å². The van der Waals surface area contributed by atoms with Crippen LogP contribution in [0.1, 0.15) is 44.2 Å². The van der Waals surface area contributed by atoms with Gasteiger partial charge in [-0.05, 0) is 36.1 Å². The molecule has 2 rings (SSSR count). The number of rotatable bonds is 13. The van der Waals surface area contributed by atoms with Crippen LogP contribution in [-0.4, -0.2) is 39.8 Å². The number of hydrogen-bond acceptors (Lipinski definition) is 5. The van der Waals surface area contributed by atoms with E-state index in [-0.39, 0.29) is 19.5 Å². The van der Waals surface area contributed by atoms with Crippen LogP contribution in [0.25, 0.3) is 0 Å². The molecule has 0 aromatic heterocycles. The molecule has 144 valence electrons. The molecule has 0 aliphatic carbocycles. The van der Waals surface area contributed by atoms with Gasteiger partial charge in [0.25, 0.3) is 0 Å².